The first kappa shape index (κ1) is 15.8. The number of nitrogens with one attached hydrogen (secondary N) is 1. The maximum atomic E-state index is 13.6. The third-order valence-electron chi connectivity index (χ3n) is 2.63. The second kappa shape index (κ2) is 6.04. The summed E-state index contributed by atoms with van der Waals surface area (Å²) >= 11 is 1.44. The van der Waals surface area contributed by atoms with E-state index < -0.39 is 26.6 Å². The third-order valence-corrected chi connectivity index (χ3v) is 4.96. The van der Waals surface area contributed by atoms with Gasteiger partial charge in [0.05, 0.1) is 10.7 Å². The number of benzene rings is 1. The smallest absolute Gasteiger partial charge is 0.246 e. The first-order valence-electron chi connectivity index (χ1n) is 5.95. The van der Waals surface area contributed by atoms with Crippen molar-refractivity contribution in [2.24, 2.45) is 0 Å². The van der Waals surface area contributed by atoms with Gasteiger partial charge in [-0.25, -0.2) is 26.9 Å². The molecule has 0 saturated carbocycles. The topological polar surface area (TPSA) is 85.1 Å². The summed E-state index contributed by atoms with van der Waals surface area (Å²) in [7, 11) is -4.28. The van der Waals surface area contributed by atoms with E-state index >= 15 is 0 Å². The Bertz CT molecular complexity index is 737. The van der Waals surface area contributed by atoms with E-state index in [2.05, 4.69) is 9.71 Å². The highest BCUT2D eigenvalue weighted by atomic mass is 32.2. The largest absolute Gasteiger partial charge is 0.399 e. The first-order chi connectivity index (χ1) is 9.79. The molecule has 5 nitrogen and oxygen atoms in total. The van der Waals surface area contributed by atoms with Crippen LogP contribution in [0.1, 0.15) is 10.7 Å². The summed E-state index contributed by atoms with van der Waals surface area (Å²) in [4.78, 5) is 3.15. The van der Waals surface area contributed by atoms with Crippen molar-refractivity contribution >= 4 is 27.0 Å². The van der Waals surface area contributed by atoms with Gasteiger partial charge in [0.2, 0.25) is 10.0 Å². The van der Waals surface area contributed by atoms with Gasteiger partial charge in [0.15, 0.2) is 4.90 Å². The van der Waals surface area contributed by atoms with Crippen LogP contribution in [0.25, 0.3) is 0 Å². The predicted molar refractivity (Wildman–Crippen MR) is 76.5 cm³/mol. The molecule has 2 rings (SSSR count). The number of rotatable bonds is 5. The molecule has 21 heavy (non-hydrogen) atoms. The molecule has 0 aliphatic carbocycles. The molecule has 0 bridgehead atoms. The lowest BCUT2D eigenvalue weighted by Crippen LogP contribution is -2.28. The van der Waals surface area contributed by atoms with Crippen LogP contribution in [-0.2, 0) is 16.4 Å². The van der Waals surface area contributed by atoms with Crippen LogP contribution < -0.4 is 10.5 Å². The van der Waals surface area contributed by atoms with Gasteiger partial charge in [0.25, 0.3) is 0 Å². The molecule has 1 heterocycles. The van der Waals surface area contributed by atoms with Crippen molar-refractivity contribution in [3.63, 3.8) is 0 Å². The van der Waals surface area contributed by atoms with Gasteiger partial charge in [-0.1, -0.05) is 0 Å². The van der Waals surface area contributed by atoms with Gasteiger partial charge in [-0.15, -0.1) is 11.3 Å². The molecule has 0 fully saturated rings. The van der Waals surface area contributed by atoms with E-state index in [1.807, 2.05) is 6.92 Å². The number of aryl methyl sites for hydroxylation is 1. The Hall–Kier alpha value is -1.58. The number of aromatic nitrogens is 1. The molecule has 3 N–H and O–H groups in total. The van der Waals surface area contributed by atoms with E-state index in [4.69, 9.17) is 5.73 Å². The van der Waals surface area contributed by atoms with Crippen molar-refractivity contribution in [3.8, 4) is 0 Å². The van der Waals surface area contributed by atoms with E-state index in [0.717, 1.165) is 22.8 Å². The molecular weight excluding hydrogens is 320 g/mol. The first-order valence-corrected chi connectivity index (χ1v) is 8.31. The number of anilines is 1. The highest BCUT2D eigenvalue weighted by Crippen LogP contribution is 2.21. The minimum absolute atomic E-state index is 0.00520. The predicted octanol–water partition coefficient (Wildman–Crippen LogP) is 1.83. The zero-order valence-corrected chi connectivity index (χ0v) is 12.7. The Kier molecular flexibility index (Phi) is 4.55. The molecule has 2 aromatic rings. The van der Waals surface area contributed by atoms with Crippen molar-refractivity contribution in [1.29, 1.82) is 0 Å². The molecule has 114 valence electrons. The summed E-state index contributed by atoms with van der Waals surface area (Å²) in [5.41, 5.74) is 5.79. The maximum absolute atomic E-state index is 13.6. The van der Waals surface area contributed by atoms with Crippen molar-refractivity contribution in [1.82, 2.24) is 9.71 Å². The van der Waals surface area contributed by atoms with E-state index in [0.29, 0.717) is 6.42 Å². The molecule has 0 aliphatic rings. The molecule has 0 unspecified atom stereocenters. The van der Waals surface area contributed by atoms with Crippen LogP contribution in [0.15, 0.2) is 22.4 Å². The number of halogens is 2. The Morgan fingerprint density at radius 2 is 1.95 bits per heavy atom. The number of hydrogen-bond donors (Lipinski definition) is 2. The number of nitrogens with zero attached hydrogens (tertiary/aromatic N) is 1. The van der Waals surface area contributed by atoms with Crippen LogP contribution >= 0.6 is 11.3 Å². The van der Waals surface area contributed by atoms with Gasteiger partial charge in [-0.3, -0.25) is 0 Å². The summed E-state index contributed by atoms with van der Waals surface area (Å²) in [6, 6.07) is 1.53. The fourth-order valence-electron chi connectivity index (χ4n) is 1.74. The van der Waals surface area contributed by atoms with Gasteiger partial charge in [0.1, 0.15) is 11.6 Å². The Morgan fingerprint density at radius 1 is 1.33 bits per heavy atom. The normalized spacial score (nSPS) is 11.8. The van der Waals surface area contributed by atoms with Crippen LogP contribution in [0, 0.1) is 18.6 Å². The standard InChI is InChI=1S/C12H13F2N3O2S2/c1-7-17-9(6-20-7)2-3-16-21(18,19)12-10(13)4-8(15)5-11(12)14/h4-6,16H,2-3,15H2,1H3. The molecule has 1 aromatic heterocycles. The minimum Gasteiger partial charge on any atom is -0.399 e. The van der Waals surface area contributed by atoms with Crippen molar-refractivity contribution in [2.75, 3.05) is 12.3 Å². The van der Waals surface area contributed by atoms with E-state index in [9.17, 15) is 17.2 Å². The lowest BCUT2D eigenvalue weighted by atomic mass is 10.3. The lowest BCUT2D eigenvalue weighted by Gasteiger charge is -2.08. The number of thiazole rings is 1. The summed E-state index contributed by atoms with van der Waals surface area (Å²) in [5.74, 6) is -2.44. The van der Waals surface area contributed by atoms with Crippen LogP contribution in [0.4, 0.5) is 14.5 Å². The minimum atomic E-state index is -4.28. The molecule has 0 amide bonds. The maximum Gasteiger partial charge on any atom is 0.246 e. The summed E-state index contributed by atoms with van der Waals surface area (Å²) in [6.45, 7) is 1.83. The number of nitrogens with two attached hydrogens (primary N) is 1. The summed E-state index contributed by atoms with van der Waals surface area (Å²) < 4.78 is 53.2. The summed E-state index contributed by atoms with van der Waals surface area (Å²) in [5, 5.41) is 2.66. The van der Waals surface area contributed by atoms with Crippen LogP contribution in [-0.4, -0.2) is 19.9 Å². The second-order valence-corrected chi connectivity index (χ2v) is 7.09. The zero-order chi connectivity index (χ0) is 15.6. The SMILES string of the molecule is Cc1nc(CCNS(=O)(=O)c2c(F)cc(N)cc2F)cs1. The van der Waals surface area contributed by atoms with E-state index in [1.54, 1.807) is 5.38 Å². The van der Waals surface area contributed by atoms with Crippen LogP contribution in [0.2, 0.25) is 0 Å². The highest BCUT2D eigenvalue weighted by Gasteiger charge is 2.24. The van der Waals surface area contributed by atoms with Gasteiger partial charge in [-0.05, 0) is 19.1 Å². The average molecular weight is 333 g/mol. The lowest BCUT2D eigenvalue weighted by molar-refractivity contribution is 0.515. The quantitative estimate of drug-likeness (QED) is 0.818. The van der Waals surface area contributed by atoms with Crippen molar-refractivity contribution < 1.29 is 17.2 Å². The molecule has 9 heteroatoms. The number of hydrogen-bond acceptors (Lipinski definition) is 5. The van der Waals surface area contributed by atoms with Crippen LogP contribution in [0.5, 0.6) is 0 Å². The molecule has 0 spiro atoms. The summed E-state index contributed by atoms with van der Waals surface area (Å²) in [6.07, 6.45) is 0.335. The van der Waals surface area contributed by atoms with Gasteiger partial charge in [-0.2, -0.15) is 0 Å². The second-order valence-electron chi connectivity index (χ2n) is 4.32. The molecule has 0 atom stereocenters. The van der Waals surface area contributed by atoms with Crippen molar-refractivity contribution in [3.05, 3.63) is 39.8 Å². The fourth-order valence-corrected chi connectivity index (χ4v) is 3.54. The molecule has 0 radical (unpaired) electrons. The van der Waals surface area contributed by atoms with Gasteiger partial charge >= 0.3 is 0 Å². The Morgan fingerprint density at radius 3 is 2.48 bits per heavy atom. The van der Waals surface area contributed by atoms with E-state index in [-0.39, 0.29) is 12.2 Å². The molecule has 0 aliphatic heterocycles. The van der Waals surface area contributed by atoms with Gasteiger partial charge < -0.3 is 5.73 Å². The van der Waals surface area contributed by atoms with E-state index in [1.165, 1.54) is 11.3 Å². The number of nitrogen functional groups attached to an aromatic ring is 1. The van der Waals surface area contributed by atoms with Crippen molar-refractivity contribution in [2.45, 2.75) is 18.2 Å². The third kappa shape index (κ3) is 3.74. The Labute approximate surface area is 124 Å². The molecular formula is C12H13F2N3O2S2. The fraction of sp³-hybridized carbons (Fsp3) is 0.250. The molecule has 1 aromatic carbocycles. The number of sulfonamides is 1. The van der Waals surface area contributed by atoms with Crippen LogP contribution in [0.3, 0.4) is 0 Å². The average Bonchev–Trinajstić information content (AvgIpc) is 2.72. The Balaban J connectivity index is 2.12. The monoisotopic (exact) mass is 333 g/mol. The van der Waals surface area contributed by atoms with Gasteiger partial charge in [0, 0.05) is 24.0 Å². The highest BCUT2D eigenvalue weighted by molar-refractivity contribution is 7.89. The molecule has 0 saturated heterocycles. The zero-order valence-electron chi connectivity index (χ0n) is 11.1.